The molecule has 1 aromatic carbocycles. The highest BCUT2D eigenvalue weighted by atomic mass is 16.2. The van der Waals surface area contributed by atoms with Crippen LogP contribution in [0.15, 0.2) is 42.7 Å². The fraction of sp³-hybridized carbons (Fsp3) is 0.368. The predicted molar refractivity (Wildman–Crippen MR) is 102 cm³/mol. The molecule has 1 atom stereocenters. The molecule has 0 spiro atoms. The van der Waals surface area contributed by atoms with Crippen LogP contribution in [0.25, 0.3) is 0 Å². The first-order valence-electron chi connectivity index (χ1n) is 8.68. The maximum Gasteiger partial charge on any atom is 0.243 e. The number of hydrogen-bond donors (Lipinski definition) is 2. The molecular weight excluding hydrogens is 330 g/mol. The molecule has 7 nitrogen and oxygen atoms in total. The number of carbonyl (C=O) groups is 2. The van der Waals surface area contributed by atoms with Crippen molar-refractivity contribution in [1.29, 1.82) is 0 Å². The van der Waals surface area contributed by atoms with E-state index in [-0.39, 0.29) is 24.3 Å². The van der Waals surface area contributed by atoms with Crippen LogP contribution in [0.4, 0.5) is 11.6 Å². The van der Waals surface area contributed by atoms with Crippen LogP contribution in [0.2, 0.25) is 0 Å². The first-order valence-corrected chi connectivity index (χ1v) is 8.68. The Morgan fingerprint density at radius 1 is 1.12 bits per heavy atom. The summed E-state index contributed by atoms with van der Waals surface area (Å²) in [6.07, 6.45) is 3.95. The average Bonchev–Trinajstić information content (AvgIpc) is 2.63. The second-order valence-corrected chi connectivity index (χ2v) is 6.07. The van der Waals surface area contributed by atoms with E-state index in [0.717, 1.165) is 17.7 Å². The monoisotopic (exact) mass is 355 g/mol. The van der Waals surface area contributed by atoms with Crippen LogP contribution in [0.5, 0.6) is 0 Å². The molecule has 1 unspecified atom stereocenters. The minimum absolute atomic E-state index is 0.131. The number of nitrogens with one attached hydrogen (secondary N) is 2. The van der Waals surface area contributed by atoms with Gasteiger partial charge in [0.05, 0.1) is 12.6 Å². The quantitative estimate of drug-likeness (QED) is 0.759. The molecule has 0 aliphatic heterocycles. The summed E-state index contributed by atoms with van der Waals surface area (Å²) in [4.78, 5) is 34.7. The first kappa shape index (κ1) is 19.5. The summed E-state index contributed by atoms with van der Waals surface area (Å²) in [6.45, 7) is 6.49. The highest BCUT2D eigenvalue weighted by Gasteiger charge is 2.23. The molecule has 1 heterocycles. The van der Waals surface area contributed by atoms with Crippen molar-refractivity contribution in [2.45, 2.75) is 33.2 Å². The van der Waals surface area contributed by atoms with Crippen LogP contribution in [0.3, 0.4) is 0 Å². The van der Waals surface area contributed by atoms with Gasteiger partial charge in [-0.25, -0.2) is 9.97 Å². The van der Waals surface area contributed by atoms with Crippen LogP contribution in [-0.2, 0) is 9.59 Å². The number of aromatic nitrogens is 2. The molecule has 138 valence electrons. The zero-order valence-electron chi connectivity index (χ0n) is 15.4. The number of anilines is 2. The topological polar surface area (TPSA) is 87.2 Å². The van der Waals surface area contributed by atoms with Gasteiger partial charge in [-0.15, -0.1) is 0 Å². The third kappa shape index (κ3) is 5.63. The van der Waals surface area contributed by atoms with E-state index in [4.69, 9.17) is 0 Å². The van der Waals surface area contributed by atoms with Crippen LogP contribution >= 0.6 is 0 Å². The summed E-state index contributed by atoms with van der Waals surface area (Å²) in [7, 11) is 0. The van der Waals surface area contributed by atoms with Crippen LogP contribution in [0, 0.1) is 6.92 Å². The number of aryl methyl sites for hydroxylation is 1. The number of para-hydroxylation sites is 1. The van der Waals surface area contributed by atoms with Gasteiger partial charge in [0.2, 0.25) is 17.8 Å². The average molecular weight is 355 g/mol. The number of amides is 2. The third-order valence-electron chi connectivity index (χ3n) is 4.00. The van der Waals surface area contributed by atoms with Gasteiger partial charge < -0.3 is 5.32 Å². The number of carbonyl (C=O) groups excluding carboxylic acids is 2. The number of rotatable bonds is 8. The summed E-state index contributed by atoms with van der Waals surface area (Å²) >= 11 is 0. The van der Waals surface area contributed by atoms with Crippen molar-refractivity contribution in [3.8, 4) is 0 Å². The predicted octanol–water partition coefficient (Wildman–Crippen LogP) is 2.46. The third-order valence-corrected chi connectivity index (χ3v) is 4.00. The summed E-state index contributed by atoms with van der Waals surface area (Å²) in [5, 5.41) is 5.58. The van der Waals surface area contributed by atoms with Crippen molar-refractivity contribution >= 4 is 23.5 Å². The Hall–Kier alpha value is -2.80. The van der Waals surface area contributed by atoms with E-state index in [9.17, 15) is 9.59 Å². The molecule has 0 aliphatic rings. The van der Waals surface area contributed by atoms with E-state index in [1.807, 2.05) is 43.0 Å². The van der Waals surface area contributed by atoms with Crippen LogP contribution < -0.4 is 10.6 Å². The van der Waals surface area contributed by atoms with E-state index < -0.39 is 6.04 Å². The zero-order valence-corrected chi connectivity index (χ0v) is 15.4. The Balaban J connectivity index is 1.99. The molecule has 2 amide bonds. The molecule has 2 aromatic rings. The second-order valence-electron chi connectivity index (χ2n) is 6.07. The summed E-state index contributed by atoms with van der Waals surface area (Å²) in [5.41, 5.74) is 1.78. The highest BCUT2D eigenvalue weighted by molar-refractivity contribution is 5.95. The number of hydrogen-bond acceptors (Lipinski definition) is 5. The SMILES string of the molecule is CCCN(CC(=O)Nc1ccccc1C)C(C)C(=O)Nc1ncccn1. The van der Waals surface area contributed by atoms with E-state index in [2.05, 4.69) is 20.6 Å². The van der Waals surface area contributed by atoms with Gasteiger partial charge in [-0.3, -0.25) is 19.8 Å². The maximum atomic E-state index is 12.5. The van der Waals surface area contributed by atoms with Gasteiger partial charge in [0.15, 0.2) is 0 Å². The van der Waals surface area contributed by atoms with Gasteiger partial charge in [0.25, 0.3) is 0 Å². The lowest BCUT2D eigenvalue weighted by Gasteiger charge is -2.27. The number of nitrogens with zero attached hydrogens (tertiary/aromatic N) is 3. The largest absolute Gasteiger partial charge is 0.325 e. The highest BCUT2D eigenvalue weighted by Crippen LogP contribution is 2.13. The molecule has 0 saturated heterocycles. The van der Waals surface area contributed by atoms with Gasteiger partial charge >= 0.3 is 0 Å². The summed E-state index contributed by atoms with van der Waals surface area (Å²) in [5.74, 6) is -0.137. The fourth-order valence-corrected chi connectivity index (χ4v) is 2.53. The van der Waals surface area contributed by atoms with Gasteiger partial charge in [-0.2, -0.15) is 0 Å². The minimum Gasteiger partial charge on any atom is -0.325 e. The molecule has 2 rings (SSSR count). The molecule has 0 bridgehead atoms. The van der Waals surface area contributed by atoms with Crippen molar-refractivity contribution in [3.05, 3.63) is 48.3 Å². The Morgan fingerprint density at radius 3 is 2.46 bits per heavy atom. The summed E-state index contributed by atoms with van der Waals surface area (Å²) in [6, 6.07) is 8.80. The normalized spacial score (nSPS) is 11.8. The molecule has 0 saturated carbocycles. The molecule has 7 heteroatoms. The molecular formula is C19H25N5O2. The van der Waals surface area contributed by atoms with Gasteiger partial charge in [-0.05, 0) is 44.5 Å². The number of benzene rings is 1. The van der Waals surface area contributed by atoms with E-state index in [0.29, 0.717) is 6.54 Å². The van der Waals surface area contributed by atoms with E-state index in [1.165, 1.54) is 0 Å². The molecule has 26 heavy (non-hydrogen) atoms. The second kappa shape index (κ2) is 9.62. The maximum absolute atomic E-state index is 12.5. The lowest BCUT2D eigenvalue weighted by atomic mass is 10.2. The Bertz CT molecular complexity index is 736. The van der Waals surface area contributed by atoms with Crippen molar-refractivity contribution in [3.63, 3.8) is 0 Å². The van der Waals surface area contributed by atoms with Crippen molar-refractivity contribution in [2.75, 3.05) is 23.7 Å². The van der Waals surface area contributed by atoms with Crippen molar-refractivity contribution < 1.29 is 9.59 Å². The first-order chi connectivity index (χ1) is 12.5. The van der Waals surface area contributed by atoms with Gasteiger partial charge in [-0.1, -0.05) is 25.1 Å². The van der Waals surface area contributed by atoms with Crippen LogP contribution in [0.1, 0.15) is 25.8 Å². The molecule has 2 N–H and O–H groups in total. The van der Waals surface area contributed by atoms with Crippen molar-refractivity contribution in [2.24, 2.45) is 0 Å². The lowest BCUT2D eigenvalue weighted by Crippen LogP contribution is -2.46. The van der Waals surface area contributed by atoms with Gasteiger partial charge in [0.1, 0.15) is 0 Å². The van der Waals surface area contributed by atoms with Crippen molar-refractivity contribution in [1.82, 2.24) is 14.9 Å². The Morgan fingerprint density at radius 2 is 1.81 bits per heavy atom. The van der Waals surface area contributed by atoms with Gasteiger partial charge in [0, 0.05) is 18.1 Å². The van der Waals surface area contributed by atoms with E-state index >= 15 is 0 Å². The molecule has 1 aromatic heterocycles. The smallest absolute Gasteiger partial charge is 0.243 e. The summed E-state index contributed by atoms with van der Waals surface area (Å²) < 4.78 is 0. The standard InChI is InChI=1S/C19H25N5O2/c1-4-12-24(13-17(25)22-16-9-6-5-8-14(16)2)15(3)18(26)23-19-20-10-7-11-21-19/h5-11,15H,4,12-13H2,1-3H3,(H,22,25)(H,20,21,23,26). The van der Waals surface area contributed by atoms with E-state index in [1.54, 1.807) is 25.4 Å². The lowest BCUT2D eigenvalue weighted by molar-refractivity contribution is -0.123. The zero-order chi connectivity index (χ0) is 18.9. The Labute approximate surface area is 153 Å². The molecule has 0 aliphatic carbocycles. The fourth-order valence-electron chi connectivity index (χ4n) is 2.53. The minimum atomic E-state index is -0.485. The van der Waals surface area contributed by atoms with Crippen LogP contribution in [-0.4, -0.2) is 45.8 Å². The Kier molecular flexibility index (Phi) is 7.23. The molecule has 0 fully saturated rings. The molecule has 0 radical (unpaired) electrons.